The van der Waals surface area contributed by atoms with Crippen molar-refractivity contribution in [2.45, 2.75) is 31.0 Å². The van der Waals surface area contributed by atoms with Crippen LogP contribution in [0, 0.1) is 0 Å². The molecule has 94 valence electrons. The van der Waals surface area contributed by atoms with Gasteiger partial charge in [-0.3, -0.25) is 4.90 Å². The predicted octanol–water partition coefficient (Wildman–Crippen LogP) is 1.87. The summed E-state index contributed by atoms with van der Waals surface area (Å²) in [5.74, 6) is 0. The van der Waals surface area contributed by atoms with E-state index in [2.05, 4.69) is 27.0 Å². The third-order valence-electron chi connectivity index (χ3n) is 4.00. The molecule has 1 aromatic rings. The second-order valence-electron chi connectivity index (χ2n) is 4.99. The molecule has 2 aliphatic rings. The van der Waals surface area contributed by atoms with Crippen LogP contribution in [0.2, 0.25) is 0 Å². The molecule has 3 unspecified atom stereocenters. The Kier molecular flexibility index (Phi) is 3.47. The van der Waals surface area contributed by atoms with E-state index in [1.807, 2.05) is 7.05 Å². The van der Waals surface area contributed by atoms with Gasteiger partial charge in [0.1, 0.15) is 0 Å². The van der Waals surface area contributed by atoms with Gasteiger partial charge in [-0.1, -0.05) is 0 Å². The number of hydrogen-bond acceptors (Lipinski definition) is 4. The van der Waals surface area contributed by atoms with Crippen LogP contribution in [-0.4, -0.2) is 43.8 Å². The number of rotatable bonds is 3. The molecule has 3 rings (SSSR count). The van der Waals surface area contributed by atoms with Crippen LogP contribution in [0.25, 0.3) is 0 Å². The first-order valence-electron chi connectivity index (χ1n) is 6.43. The molecule has 2 fully saturated rings. The standard InChI is InChI=1S/C13H20N2OS/c1-14-13(10-4-6-17-9-10)12-7-15-5-2-3-11(15)8-16-12/h4,6,9,11-14H,2-3,5,7-8H2,1H3. The summed E-state index contributed by atoms with van der Waals surface area (Å²) in [4.78, 5) is 2.60. The highest BCUT2D eigenvalue weighted by Gasteiger charge is 2.35. The molecule has 1 aromatic heterocycles. The largest absolute Gasteiger partial charge is 0.373 e. The molecule has 0 saturated carbocycles. The van der Waals surface area contributed by atoms with E-state index in [-0.39, 0.29) is 0 Å². The van der Waals surface area contributed by atoms with E-state index in [4.69, 9.17) is 4.74 Å². The molecule has 2 aliphatic heterocycles. The number of nitrogens with zero attached hydrogens (tertiary/aromatic N) is 1. The van der Waals surface area contributed by atoms with E-state index < -0.39 is 0 Å². The number of hydrogen-bond donors (Lipinski definition) is 1. The first-order chi connectivity index (χ1) is 8.38. The monoisotopic (exact) mass is 252 g/mol. The molecule has 17 heavy (non-hydrogen) atoms. The van der Waals surface area contributed by atoms with Crippen molar-refractivity contribution in [1.29, 1.82) is 0 Å². The summed E-state index contributed by atoms with van der Waals surface area (Å²) in [5.41, 5.74) is 1.36. The van der Waals surface area contributed by atoms with Crippen molar-refractivity contribution in [2.75, 3.05) is 26.7 Å². The van der Waals surface area contributed by atoms with Crippen LogP contribution in [0.1, 0.15) is 24.4 Å². The lowest BCUT2D eigenvalue weighted by Gasteiger charge is -2.38. The smallest absolute Gasteiger partial charge is 0.0897 e. The van der Waals surface area contributed by atoms with Crippen molar-refractivity contribution >= 4 is 11.3 Å². The van der Waals surface area contributed by atoms with E-state index in [9.17, 15) is 0 Å². The van der Waals surface area contributed by atoms with Gasteiger partial charge in [0.15, 0.2) is 0 Å². The Balaban J connectivity index is 1.71. The lowest BCUT2D eigenvalue weighted by molar-refractivity contribution is -0.0642. The van der Waals surface area contributed by atoms with Crippen LogP contribution in [0.15, 0.2) is 16.8 Å². The van der Waals surface area contributed by atoms with Crippen LogP contribution >= 0.6 is 11.3 Å². The molecule has 3 nitrogen and oxygen atoms in total. The highest BCUT2D eigenvalue weighted by Crippen LogP contribution is 2.29. The number of fused-ring (bicyclic) bond motifs is 1. The minimum Gasteiger partial charge on any atom is -0.373 e. The molecule has 2 saturated heterocycles. The van der Waals surface area contributed by atoms with Gasteiger partial charge in [0, 0.05) is 12.6 Å². The molecule has 0 amide bonds. The third-order valence-corrected chi connectivity index (χ3v) is 4.70. The van der Waals surface area contributed by atoms with Gasteiger partial charge in [-0.15, -0.1) is 0 Å². The average Bonchev–Trinajstić information content (AvgIpc) is 2.99. The van der Waals surface area contributed by atoms with Crippen LogP contribution < -0.4 is 5.32 Å². The fourth-order valence-electron chi connectivity index (χ4n) is 3.06. The molecule has 0 spiro atoms. The van der Waals surface area contributed by atoms with Crippen molar-refractivity contribution in [3.63, 3.8) is 0 Å². The Morgan fingerprint density at radius 3 is 3.29 bits per heavy atom. The third kappa shape index (κ3) is 2.27. The van der Waals surface area contributed by atoms with Crippen LogP contribution in [0.5, 0.6) is 0 Å². The molecule has 3 atom stereocenters. The van der Waals surface area contributed by atoms with E-state index >= 15 is 0 Å². The molecule has 1 N–H and O–H groups in total. The SMILES string of the molecule is CNC(c1ccsc1)C1CN2CCCC2CO1. The molecule has 0 radical (unpaired) electrons. The fraction of sp³-hybridized carbons (Fsp3) is 0.692. The highest BCUT2D eigenvalue weighted by atomic mass is 32.1. The van der Waals surface area contributed by atoms with Crippen molar-refractivity contribution in [1.82, 2.24) is 10.2 Å². The lowest BCUT2D eigenvalue weighted by atomic mass is 10.0. The number of nitrogens with one attached hydrogen (secondary N) is 1. The van der Waals surface area contributed by atoms with Crippen LogP contribution in [0.4, 0.5) is 0 Å². The second kappa shape index (κ2) is 5.06. The molecule has 3 heterocycles. The summed E-state index contributed by atoms with van der Waals surface area (Å²) >= 11 is 1.76. The molecule has 0 bridgehead atoms. The van der Waals surface area contributed by atoms with Crippen molar-refractivity contribution in [3.8, 4) is 0 Å². The Labute approximate surface area is 107 Å². The molecule has 4 heteroatoms. The molecular formula is C13H20N2OS. The maximum atomic E-state index is 6.07. The summed E-state index contributed by atoms with van der Waals surface area (Å²) in [6, 6.07) is 3.22. The van der Waals surface area contributed by atoms with E-state index in [0.717, 1.165) is 13.2 Å². The predicted molar refractivity (Wildman–Crippen MR) is 70.5 cm³/mol. The number of morpholine rings is 1. The van der Waals surface area contributed by atoms with Gasteiger partial charge >= 0.3 is 0 Å². The van der Waals surface area contributed by atoms with Gasteiger partial charge in [-0.25, -0.2) is 0 Å². The quantitative estimate of drug-likeness (QED) is 0.889. The van der Waals surface area contributed by atoms with E-state index in [0.29, 0.717) is 18.2 Å². The van der Waals surface area contributed by atoms with Gasteiger partial charge in [0.25, 0.3) is 0 Å². The van der Waals surface area contributed by atoms with Crippen LogP contribution in [-0.2, 0) is 4.74 Å². The zero-order valence-electron chi connectivity index (χ0n) is 10.3. The number of ether oxygens (including phenoxy) is 1. The summed E-state index contributed by atoms with van der Waals surface area (Å²) in [6.45, 7) is 3.24. The van der Waals surface area contributed by atoms with Crippen molar-refractivity contribution in [2.24, 2.45) is 0 Å². The number of thiophene rings is 1. The normalized spacial score (nSPS) is 31.4. The average molecular weight is 252 g/mol. The summed E-state index contributed by atoms with van der Waals surface area (Å²) in [5, 5.41) is 7.77. The maximum Gasteiger partial charge on any atom is 0.0897 e. The summed E-state index contributed by atoms with van der Waals surface area (Å²) in [7, 11) is 2.03. The van der Waals surface area contributed by atoms with Gasteiger partial charge in [0.05, 0.1) is 18.8 Å². The fourth-order valence-corrected chi connectivity index (χ4v) is 3.76. The Morgan fingerprint density at radius 2 is 2.53 bits per heavy atom. The van der Waals surface area contributed by atoms with E-state index in [1.54, 1.807) is 11.3 Å². The molecule has 0 aliphatic carbocycles. The Morgan fingerprint density at radius 1 is 1.59 bits per heavy atom. The Hall–Kier alpha value is -0.420. The number of likely N-dealkylation sites (N-methyl/N-ethyl adjacent to an activating group) is 1. The summed E-state index contributed by atoms with van der Waals surface area (Å²) < 4.78 is 6.07. The first-order valence-corrected chi connectivity index (χ1v) is 7.38. The van der Waals surface area contributed by atoms with Crippen molar-refractivity contribution in [3.05, 3.63) is 22.4 Å². The summed E-state index contributed by atoms with van der Waals surface area (Å²) in [6.07, 6.45) is 2.95. The zero-order chi connectivity index (χ0) is 11.7. The maximum absolute atomic E-state index is 6.07. The van der Waals surface area contributed by atoms with Gasteiger partial charge in [0.2, 0.25) is 0 Å². The van der Waals surface area contributed by atoms with Gasteiger partial charge in [-0.2, -0.15) is 11.3 Å². The minimum absolute atomic E-state index is 0.295. The first kappa shape index (κ1) is 11.7. The lowest BCUT2D eigenvalue weighted by Crippen LogP contribution is -2.50. The van der Waals surface area contributed by atoms with Crippen molar-refractivity contribution < 1.29 is 4.74 Å². The van der Waals surface area contributed by atoms with Gasteiger partial charge in [-0.05, 0) is 48.8 Å². The van der Waals surface area contributed by atoms with E-state index in [1.165, 1.54) is 24.9 Å². The molecular weight excluding hydrogens is 232 g/mol. The zero-order valence-corrected chi connectivity index (χ0v) is 11.1. The minimum atomic E-state index is 0.295. The second-order valence-corrected chi connectivity index (χ2v) is 5.77. The Bertz CT molecular complexity index is 354. The van der Waals surface area contributed by atoms with Gasteiger partial charge < -0.3 is 10.1 Å². The highest BCUT2D eigenvalue weighted by molar-refractivity contribution is 7.07. The van der Waals surface area contributed by atoms with Crippen LogP contribution in [0.3, 0.4) is 0 Å². The molecule has 0 aromatic carbocycles. The topological polar surface area (TPSA) is 24.5 Å².